The Labute approximate surface area is 162 Å². The number of carbonyl (C=O) groups excluding carboxylic acids is 1. The summed E-state index contributed by atoms with van der Waals surface area (Å²) in [6.45, 7) is 6.79. The Balaban J connectivity index is 1.61. The predicted molar refractivity (Wildman–Crippen MR) is 106 cm³/mol. The first kappa shape index (κ1) is 19.0. The first-order valence-corrected chi connectivity index (χ1v) is 10.0. The van der Waals surface area contributed by atoms with E-state index in [1.165, 1.54) is 34.5 Å². The number of piperidine rings is 1. The lowest BCUT2D eigenvalue weighted by Crippen LogP contribution is -3.12. The summed E-state index contributed by atoms with van der Waals surface area (Å²) < 4.78 is 7.50. The largest absolute Gasteiger partial charge is 0.469 e. The fourth-order valence-electron chi connectivity index (χ4n) is 3.20. The van der Waals surface area contributed by atoms with Crippen molar-refractivity contribution in [1.29, 1.82) is 0 Å². The first-order chi connectivity index (χ1) is 12.5. The quantitative estimate of drug-likeness (QED) is 0.604. The molecule has 1 fully saturated rings. The summed E-state index contributed by atoms with van der Waals surface area (Å²) in [6.07, 6.45) is 1.71. The number of likely N-dealkylation sites (tertiary alicyclic amines) is 1. The van der Waals surface area contributed by atoms with Crippen molar-refractivity contribution >= 4 is 40.3 Å². The summed E-state index contributed by atoms with van der Waals surface area (Å²) in [6, 6.07) is 6.27. The Kier molecular flexibility index (Phi) is 6.05. The maximum atomic E-state index is 11.6. The molecule has 1 aromatic heterocycles. The molecule has 0 spiro atoms. The van der Waals surface area contributed by atoms with Crippen LogP contribution in [0.1, 0.15) is 24.0 Å². The fourth-order valence-corrected chi connectivity index (χ4v) is 4.22. The molecule has 0 atom stereocenters. The average molecular weight is 394 g/mol. The Hall–Kier alpha value is -1.77. The molecule has 8 heteroatoms. The second-order valence-electron chi connectivity index (χ2n) is 6.80. The van der Waals surface area contributed by atoms with E-state index < -0.39 is 0 Å². The summed E-state index contributed by atoms with van der Waals surface area (Å²) in [5.74, 6) is -0.0524. The van der Waals surface area contributed by atoms with Crippen LogP contribution in [0.4, 0.5) is 10.8 Å². The van der Waals surface area contributed by atoms with Crippen molar-refractivity contribution < 1.29 is 14.4 Å². The molecule has 0 radical (unpaired) electrons. The summed E-state index contributed by atoms with van der Waals surface area (Å²) in [4.78, 5) is 13.0. The molecule has 1 aliphatic rings. The monoisotopic (exact) mass is 393 g/mol. The van der Waals surface area contributed by atoms with Crippen molar-refractivity contribution in [3.8, 4) is 0 Å². The van der Waals surface area contributed by atoms with Crippen LogP contribution in [-0.2, 0) is 16.2 Å². The number of quaternary nitrogens is 1. The number of hydrogen-bond donors (Lipinski definition) is 2. The zero-order valence-corrected chi connectivity index (χ0v) is 17.0. The lowest BCUT2D eigenvalue weighted by atomic mass is 9.97. The maximum Gasteiger partial charge on any atom is 0.309 e. The molecule has 1 saturated heterocycles. The molecule has 140 valence electrons. The van der Waals surface area contributed by atoms with E-state index in [0.717, 1.165) is 47.4 Å². The molecular weight excluding hydrogens is 368 g/mol. The van der Waals surface area contributed by atoms with Gasteiger partial charge >= 0.3 is 5.97 Å². The van der Waals surface area contributed by atoms with Crippen LogP contribution in [0.25, 0.3) is 0 Å². The van der Waals surface area contributed by atoms with Crippen molar-refractivity contribution in [3.63, 3.8) is 0 Å². The van der Waals surface area contributed by atoms with Gasteiger partial charge in [0.05, 0.1) is 26.1 Å². The van der Waals surface area contributed by atoms with Gasteiger partial charge in [-0.2, -0.15) is 4.68 Å². The SMILES string of the molecule is COC(=O)C1CC[NH+](Cn2nc(Nc3ccc(C)c(C)c3)sc2=S)CC1. The van der Waals surface area contributed by atoms with Gasteiger partial charge in [-0.15, -0.1) is 5.10 Å². The predicted octanol–water partition coefficient (Wildman–Crippen LogP) is 2.46. The molecular formula is C18H25N4O2S2+. The lowest BCUT2D eigenvalue weighted by molar-refractivity contribution is -0.928. The van der Waals surface area contributed by atoms with Gasteiger partial charge in [-0.25, -0.2) is 0 Å². The summed E-state index contributed by atoms with van der Waals surface area (Å²) in [5.41, 5.74) is 3.54. The van der Waals surface area contributed by atoms with E-state index in [9.17, 15) is 4.79 Å². The molecule has 2 heterocycles. The van der Waals surface area contributed by atoms with E-state index in [-0.39, 0.29) is 11.9 Å². The van der Waals surface area contributed by atoms with Crippen LogP contribution in [0.3, 0.4) is 0 Å². The highest BCUT2D eigenvalue weighted by Gasteiger charge is 2.28. The third-order valence-electron chi connectivity index (χ3n) is 4.97. The van der Waals surface area contributed by atoms with Crippen LogP contribution in [0.2, 0.25) is 0 Å². The maximum absolute atomic E-state index is 11.6. The van der Waals surface area contributed by atoms with Crippen LogP contribution < -0.4 is 10.2 Å². The average Bonchev–Trinajstić information content (AvgIpc) is 2.97. The van der Waals surface area contributed by atoms with Crippen LogP contribution in [0.15, 0.2) is 18.2 Å². The minimum Gasteiger partial charge on any atom is -0.469 e. The van der Waals surface area contributed by atoms with Gasteiger partial charge in [-0.3, -0.25) is 4.79 Å². The number of nitrogens with one attached hydrogen (secondary N) is 2. The third kappa shape index (κ3) is 4.49. The molecule has 2 aromatic rings. The molecule has 1 aliphatic heterocycles. The topological polar surface area (TPSA) is 60.6 Å². The number of hydrogen-bond acceptors (Lipinski definition) is 6. The number of anilines is 2. The first-order valence-electron chi connectivity index (χ1n) is 8.80. The van der Waals surface area contributed by atoms with E-state index in [1.54, 1.807) is 0 Å². The number of benzene rings is 1. The van der Waals surface area contributed by atoms with Crippen molar-refractivity contribution in [2.24, 2.45) is 5.92 Å². The van der Waals surface area contributed by atoms with Gasteiger partial charge in [0, 0.05) is 18.5 Å². The number of methoxy groups -OCH3 is 1. The second-order valence-corrected chi connectivity index (χ2v) is 8.42. The van der Waals surface area contributed by atoms with Crippen LogP contribution in [0, 0.1) is 23.7 Å². The third-order valence-corrected chi connectivity index (χ3v) is 6.19. The fraction of sp³-hybridized carbons (Fsp3) is 0.500. The van der Waals surface area contributed by atoms with Gasteiger partial charge in [-0.1, -0.05) is 17.4 Å². The summed E-state index contributed by atoms with van der Waals surface area (Å²) in [7, 11) is 1.46. The van der Waals surface area contributed by atoms with Crippen LogP contribution in [-0.4, -0.2) is 35.9 Å². The molecule has 0 unspecified atom stereocenters. The molecule has 6 nitrogen and oxygen atoms in total. The molecule has 1 aromatic carbocycles. The Morgan fingerprint density at radius 2 is 2.12 bits per heavy atom. The minimum atomic E-state index is -0.0887. The molecule has 2 N–H and O–H groups in total. The van der Waals surface area contributed by atoms with Crippen molar-refractivity contribution in [3.05, 3.63) is 33.3 Å². The van der Waals surface area contributed by atoms with Gasteiger partial charge in [0.15, 0.2) is 10.6 Å². The number of carbonyl (C=O) groups is 1. The number of rotatable bonds is 5. The van der Waals surface area contributed by atoms with Crippen molar-refractivity contribution in [2.45, 2.75) is 33.4 Å². The standard InChI is InChI=1S/C18H24N4O2S2/c1-12-4-5-15(10-13(12)2)19-17-20-22(18(25)26-17)11-21-8-6-14(7-9-21)16(23)24-3/h4-5,10,14H,6-9,11H2,1-3H3,(H,19,20)/p+1. The highest BCUT2D eigenvalue weighted by molar-refractivity contribution is 7.73. The smallest absolute Gasteiger partial charge is 0.309 e. The molecule has 3 rings (SSSR count). The number of nitrogens with zero attached hydrogens (tertiary/aromatic N) is 2. The lowest BCUT2D eigenvalue weighted by Gasteiger charge is -2.27. The number of aryl methyl sites for hydroxylation is 2. The zero-order valence-electron chi connectivity index (χ0n) is 15.4. The van der Waals surface area contributed by atoms with E-state index in [1.807, 2.05) is 4.68 Å². The van der Waals surface area contributed by atoms with Crippen molar-refractivity contribution in [1.82, 2.24) is 9.78 Å². The van der Waals surface area contributed by atoms with Crippen LogP contribution >= 0.6 is 23.6 Å². The van der Waals surface area contributed by atoms with E-state index in [0.29, 0.717) is 0 Å². The van der Waals surface area contributed by atoms with E-state index >= 15 is 0 Å². The number of aromatic nitrogens is 2. The summed E-state index contributed by atoms with van der Waals surface area (Å²) >= 11 is 6.96. The van der Waals surface area contributed by atoms with Gasteiger partial charge < -0.3 is 15.0 Å². The summed E-state index contributed by atoms with van der Waals surface area (Å²) in [5, 5.41) is 8.79. The molecule has 0 bridgehead atoms. The second kappa shape index (κ2) is 8.28. The van der Waals surface area contributed by atoms with Gasteiger partial charge in [0.2, 0.25) is 5.13 Å². The zero-order chi connectivity index (χ0) is 18.7. The van der Waals surface area contributed by atoms with E-state index in [2.05, 4.69) is 42.5 Å². The van der Waals surface area contributed by atoms with Gasteiger partial charge in [0.1, 0.15) is 0 Å². The number of ether oxygens (including phenoxy) is 1. The molecule has 0 amide bonds. The molecule has 0 aliphatic carbocycles. The van der Waals surface area contributed by atoms with Gasteiger partial charge in [0.25, 0.3) is 0 Å². The Morgan fingerprint density at radius 1 is 1.38 bits per heavy atom. The highest BCUT2D eigenvalue weighted by atomic mass is 32.1. The Morgan fingerprint density at radius 3 is 2.77 bits per heavy atom. The Bertz CT molecular complexity index is 838. The highest BCUT2D eigenvalue weighted by Crippen LogP contribution is 2.22. The van der Waals surface area contributed by atoms with Crippen molar-refractivity contribution in [2.75, 3.05) is 25.5 Å². The minimum absolute atomic E-state index is 0.0363. The normalized spacial score (nSPS) is 20.0. The van der Waals surface area contributed by atoms with E-state index in [4.69, 9.17) is 17.0 Å². The van der Waals surface area contributed by atoms with Gasteiger partial charge in [-0.05, 0) is 49.3 Å². The molecule has 26 heavy (non-hydrogen) atoms. The van der Waals surface area contributed by atoms with Crippen LogP contribution in [0.5, 0.6) is 0 Å². The number of esters is 1. The molecule has 0 saturated carbocycles.